The maximum Gasteiger partial charge on any atom is 0.278 e. The van der Waals surface area contributed by atoms with E-state index in [1.807, 2.05) is 13.0 Å². The first-order valence-electron chi connectivity index (χ1n) is 10.7. The fraction of sp³-hybridized carbons (Fsp3) is 0.231. The molecule has 0 radical (unpaired) electrons. The molecular weight excluding hydrogens is 440 g/mol. The van der Waals surface area contributed by atoms with Gasteiger partial charge in [-0.25, -0.2) is 0 Å². The van der Waals surface area contributed by atoms with Crippen molar-refractivity contribution in [1.82, 2.24) is 4.90 Å². The van der Waals surface area contributed by atoms with E-state index in [1.54, 1.807) is 48.5 Å². The molecule has 1 aromatic heterocycles. The number of rotatable bonds is 8. The number of anilines is 1. The average Bonchev–Trinajstić information content (AvgIpc) is 3.39. The summed E-state index contributed by atoms with van der Waals surface area (Å²) >= 11 is 6.27. The van der Waals surface area contributed by atoms with E-state index in [4.69, 9.17) is 20.8 Å². The molecule has 0 atom stereocenters. The van der Waals surface area contributed by atoms with Gasteiger partial charge in [-0.05, 0) is 60.4 Å². The summed E-state index contributed by atoms with van der Waals surface area (Å²) in [7, 11) is 0. The topological polar surface area (TPSA) is 71.8 Å². The van der Waals surface area contributed by atoms with Crippen LogP contribution in [0.2, 0.25) is 5.02 Å². The highest BCUT2D eigenvalue weighted by atomic mass is 35.5. The molecule has 170 valence electrons. The smallest absolute Gasteiger partial charge is 0.278 e. The van der Waals surface area contributed by atoms with Gasteiger partial charge < -0.3 is 14.5 Å². The summed E-state index contributed by atoms with van der Waals surface area (Å²) in [6.45, 7) is 6.64. The second-order valence-electron chi connectivity index (χ2n) is 8.29. The fourth-order valence-corrected chi connectivity index (χ4v) is 3.69. The number of nitrogens with zero attached hydrogens (tertiary/aromatic N) is 1. The number of carbonyl (C=O) groups is 2. The molecule has 0 spiro atoms. The van der Waals surface area contributed by atoms with Crippen LogP contribution in [0.1, 0.15) is 30.7 Å². The van der Waals surface area contributed by atoms with E-state index in [2.05, 4.69) is 19.2 Å². The highest BCUT2D eigenvalue weighted by molar-refractivity contribution is 6.36. The normalized spacial score (nSPS) is 13.9. The van der Waals surface area contributed by atoms with Crippen molar-refractivity contribution in [2.24, 2.45) is 5.92 Å². The molecule has 4 rings (SSSR count). The zero-order chi connectivity index (χ0) is 23.5. The zero-order valence-corrected chi connectivity index (χ0v) is 19.5. The van der Waals surface area contributed by atoms with Crippen LogP contribution in [0, 0.1) is 12.8 Å². The van der Waals surface area contributed by atoms with E-state index < -0.39 is 11.8 Å². The summed E-state index contributed by atoms with van der Waals surface area (Å²) in [5.41, 5.74) is 2.56. The quantitative estimate of drug-likeness (QED) is 0.435. The van der Waals surface area contributed by atoms with Gasteiger partial charge in [0.05, 0.1) is 25.0 Å². The Bertz CT molecular complexity index is 1200. The van der Waals surface area contributed by atoms with E-state index in [1.165, 1.54) is 11.2 Å². The van der Waals surface area contributed by atoms with Gasteiger partial charge in [0.15, 0.2) is 0 Å². The van der Waals surface area contributed by atoms with Gasteiger partial charge in [0.2, 0.25) is 0 Å². The number of nitrogens with one attached hydrogen (secondary N) is 1. The van der Waals surface area contributed by atoms with E-state index >= 15 is 0 Å². The van der Waals surface area contributed by atoms with E-state index in [-0.39, 0.29) is 12.2 Å². The number of furan rings is 1. The van der Waals surface area contributed by atoms with E-state index in [0.717, 1.165) is 5.56 Å². The van der Waals surface area contributed by atoms with Crippen LogP contribution in [-0.4, -0.2) is 23.3 Å². The lowest BCUT2D eigenvalue weighted by Gasteiger charge is -2.14. The van der Waals surface area contributed by atoms with Crippen LogP contribution in [0.4, 0.5) is 5.69 Å². The van der Waals surface area contributed by atoms with Crippen LogP contribution >= 0.6 is 11.6 Å². The van der Waals surface area contributed by atoms with Crippen molar-refractivity contribution >= 4 is 34.7 Å². The number of amides is 2. The first-order valence-corrected chi connectivity index (χ1v) is 11.1. The molecule has 7 heteroatoms. The van der Waals surface area contributed by atoms with E-state index in [0.29, 0.717) is 45.9 Å². The molecule has 33 heavy (non-hydrogen) atoms. The molecule has 0 unspecified atom stereocenters. The van der Waals surface area contributed by atoms with Crippen molar-refractivity contribution in [2.75, 3.05) is 11.9 Å². The molecular formula is C26H25ClN2O4. The predicted octanol–water partition coefficient (Wildman–Crippen LogP) is 5.67. The molecule has 0 bridgehead atoms. The first kappa shape index (κ1) is 22.7. The number of halogens is 1. The summed E-state index contributed by atoms with van der Waals surface area (Å²) in [6.07, 6.45) is 1.51. The van der Waals surface area contributed by atoms with Crippen LogP contribution in [0.5, 0.6) is 5.75 Å². The third-order valence-corrected chi connectivity index (χ3v) is 5.73. The number of imide groups is 1. The summed E-state index contributed by atoms with van der Waals surface area (Å²) in [6, 6.07) is 16.0. The minimum Gasteiger partial charge on any atom is -0.493 e. The van der Waals surface area contributed by atoms with Crippen LogP contribution in [-0.2, 0) is 16.1 Å². The molecule has 3 aromatic rings. The molecule has 0 fully saturated rings. The van der Waals surface area contributed by atoms with Gasteiger partial charge >= 0.3 is 0 Å². The predicted molar refractivity (Wildman–Crippen MR) is 128 cm³/mol. The SMILES string of the molecule is Cc1c(Cl)cccc1NC1=C(c2ccc(OCC(C)C)cc2)C(=O)N(Cc2ccco2)C1=O. The molecule has 2 aromatic carbocycles. The molecule has 2 heterocycles. The third kappa shape index (κ3) is 4.81. The summed E-state index contributed by atoms with van der Waals surface area (Å²) < 4.78 is 11.1. The minimum atomic E-state index is -0.425. The molecule has 1 aliphatic heterocycles. The monoisotopic (exact) mass is 464 g/mol. The van der Waals surface area contributed by atoms with E-state index in [9.17, 15) is 9.59 Å². The lowest BCUT2D eigenvalue weighted by atomic mass is 10.0. The van der Waals surface area contributed by atoms with Crippen molar-refractivity contribution in [3.05, 3.63) is 88.5 Å². The zero-order valence-electron chi connectivity index (χ0n) is 18.7. The van der Waals surface area contributed by atoms with Gasteiger partial charge in [-0.3, -0.25) is 14.5 Å². The fourth-order valence-electron chi connectivity index (χ4n) is 3.52. The Morgan fingerprint density at radius 1 is 1.03 bits per heavy atom. The van der Waals surface area contributed by atoms with Crippen molar-refractivity contribution < 1.29 is 18.7 Å². The Kier molecular flexibility index (Phi) is 6.56. The summed E-state index contributed by atoms with van der Waals surface area (Å²) in [5.74, 6) is 0.805. The number of hydrogen-bond acceptors (Lipinski definition) is 5. The molecule has 0 saturated heterocycles. The number of benzene rings is 2. The number of hydrogen-bond donors (Lipinski definition) is 1. The van der Waals surface area contributed by atoms with Crippen molar-refractivity contribution in [1.29, 1.82) is 0 Å². The minimum absolute atomic E-state index is 0.0451. The highest BCUT2D eigenvalue weighted by Crippen LogP contribution is 2.34. The van der Waals surface area contributed by atoms with Crippen molar-refractivity contribution in [3.63, 3.8) is 0 Å². The van der Waals surface area contributed by atoms with Gasteiger partial charge in [-0.1, -0.05) is 43.6 Å². The van der Waals surface area contributed by atoms with Gasteiger partial charge in [0.25, 0.3) is 11.8 Å². The summed E-state index contributed by atoms with van der Waals surface area (Å²) in [5, 5.41) is 3.73. The highest BCUT2D eigenvalue weighted by Gasteiger charge is 2.39. The maximum atomic E-state index is 13.4. The average molecular weight is 465 g/mol. The molecule has 1 N–H and O–H groups in total. The van der Waals surface area contributed by atoms with Crippen molar-refractivity contribution in [2.45, 2.75) is 27.3 Å². The van der Waals surface area contributed by atoms with Crippen LogP contribution in [0.15, 0.2) is 71.0 Å². The Morgan fingerprint density at radius 2 is 1.79 bits per heavy atom. The van der Waals surface area contributed by atoms with Gasteiger partial charge in [0.1, 0.15) is 17.2 Å². The van der Waals surface area contributed by atoms with Gasteiger partial charge in [-0.15, -0.1) is 0 Å². The second kappa shape index (κ2) is 9.55. The van der Waals surface area contributed by atoms with Gasteiger partial charge in [-0.2, -0.15) is 0 Å². The molecule has 6 nitrogen and oxygen atoms in total. The van der Waals surface area contributed by atoms with Gasteiger partial charge in [0, 0.05) is 10.7 Å². The van der Waals surface area contributed by atoms with Crippen LogP contribution in [0.25, 0.3) is 5.57 Å². The summed E-state index contributed by atoms with van der Waals surface area (Å²) in [4.78, 5) is 27.9. The largest absolute Gasteiger partial charge is 0.493 e. The van der Waals surface area contributed by atoms with Crippen LogP contribution < -0.4 is 10.1 Å². The Morgan fingerprint density at radius 3 is 2.45 bits per heavy atom. The standard InChI is InChI=1S/C26H25ClN2O4/c1-16(2)15-33-19-11-9-18(10-12-19)23-24(28-22-8-4-7-21(27)17(22)3)26(31)29(25(23)30)14-20-6-5-13-32-20/h4-13,16,28H,14-15H2,1-3H3. The Labute approximate surface area is 197 Å². The lowest BCUT2D eigenvalue weighted by molar-refractivity contribution is -0.137. The Balaban J connectivity index is 1.71. The second-order valence-corrected chi connectivity index (χ2v) is 8.70. The molecule has 1 aliphatic rings. The lowest BCUT2D eigenvalue weighted by Crippen LogP contribution is -2.31. The van der Waals surface area contributed by atoms with Crippen LogP contribution in [0.3, 0.4) is 0 Å². The number of carbonyl (C=O) groups excluding carboxylic acids is 2. The third-order valence-electron chi connectivity index (χ3n) is 5.32. The number of ether oxygens (including phenoxy) is 1. The first-order chi connectivity index (χ1) is 15.8. The van der Waals surface area contributed by atoms with Crippen molar-refractivity contribution in [3.8, 4) is 5.75 Å². The Hall–Kier alpha value is -3.51. The maximum absolute atomic E-state index is 13.4. The molecule has 0 saturated carbocycles. The molecule has 2 amide bonds. The molecule has 0 aliphatic carbocycles.